The molecular weight excluding hydrogens is 294 g/mol. The number of hydrogen-bond donors (Lipinski definition) is 0. The highest BCUT2D eigenvalue weighted by molar-refractivity contribution is 5.87. The minimum atomic E-state index is 0.100. The lowest BCUT2D eigenvalue weighted by molar-refractivity contribution is 0.582. The highest BCUT2D eigenvalue weighted by atomic mass is 15.3. The van der Waals surface area contributed by atoms with E-state index in [1.54, 1.807) is 0 Å². The first kappa shape index (κ1) is 13.4. The fourth-order valence-electron chi connectivity index (χ4n) is 3.76. The zero-order chi connectivity index (χ0) is 16.1. The van der Waals surface area contributed by atoms with E-state index < -0.39 is 0 Å². The Hall–Kier alpha value is -3.07. The summed E-state index contributed by atoms with van der Waals surface area (Å²) in [5, 5.41) is 0. The maximum Gasteiger partial charge on any atom is 0.145 e. The van der Waals surface area contributed by atoms with Gasteiger partial charge in [0.25, 0.3) is 0 Å². The Bertz CT molecular complexity index is 1030. The van der Waals surface area contributed by atoms with Gasteiger partial charge in [-0.05, 0) is 29.8 Å². The average molecular weight is 311 g/mol. The molecule has 0 saturated heterocycles. The van der Waals surface area contributed by atoms with Gasteiger partial charge in [0, 0.05) is 18.3 Å². The Morgan fingerprint density at radius 3 is 2.38 bits per heavy atom. The molecule has 0 radical (unpaired) electrons. The van der Waals surface area contributed by atoms with Gasteiger partial charge in [-0.1, -0.05) is 54.6 Å². The second-order valence-electron chi connectivity index (χ2n) is 6.21. The van der Waals surface area contributed by atoms with Crippen LogP contribution in [0.4, 0.5) is 5.69 Å². The third-order valence-electron chi connectivity index (χ3n) is 4.83. The molecular formula is C21H17N3. The van der Waals surface area contributed by atoms with Crippen LogP contribution in [0.3, 0.4) is 0 Å². The van der Waals surface area contributed by atoms with E-state index in [0.717, 1.165) is 11.3 Å². The predicted molar refractivity (Wildman–Crippen MR) is 98.2 cm³/mol. The largest absolute Gasteiger partial charge is 0.350 e. The van der Waals surface area contributed by atoms with Crippen LogP contribution in [0.1, 0.15) is 11.7 Å². The molecule has 3 aromatic carbocycles. The summed E-state index contributed by atoms with van der Waals surface area (Å²) in [6.45, 7) is 0. The van der Waals surface area contributed by atoms with Gasteiger partial charge in [0.2, 0.25) is 0 Å². The zero-order valence-corrected chi connectivity index (χ0v) is 13.4. The number of aromatic nitrogens is 2. The quantitative estimate of drug-likeness (QED) is 0.508. The molecule has 3 heteroatoms. The van der Waals surface area contributed by atoms with Crippen molar-refractivity contribution in [3.05, 3.63) is 84.4 Å². The van der Waals surface area contributed by atoms with E-state index in [1.165, 1.54) is 22.3 Å². The summed E-state index contributed by atoms with van der Waals surface area (Å²) < 4.78 is 2.35. The van der Waals surface area contributed by atoms with Crippen LogP contribution in [0, 0.1) is 0 Å². The van der Waals surface area contributed by atoms with Crippen LogP contribution in [0.2, 0.25) is 0 Å². The van der Waals surface area contributed by atoms with E-state index in [-0.39, 0.29) is 6.17 Å². The van der Waals surface area contributed by atoms with Crippen molar-refractivity contribution in [2.75, 3.05) is 11.9 Å². The van der Waals surface area contributed by atoms with E-state index in [2.05, 4.69) is 95.4 Å². The van der Waals surface area contributed by atoms with E-state index in [9.17, 15) is 0 Å². The molecule has 0 amide bonds. The van der Waals surface area contributed by atoms with Gasteiger partial charge in [0.1, 0.15) is 12.0 Å². The van der Waals surface area contributed by atoms with Crippen LogP contribution in [-0.2, 0) is 0 Å². The van der Waals surface area contributed by atoms with Crippen molar-refractivity contribution in [1.82, 2.24) is 9.55 Å². The summed E-state index contributed by atoms with van der Waals surface area (Å²) in [4.78, 5) is 7.28. The maximum atomic E-state index is 4.94. The number of anilines is 1. The molecule has 5 rings (SSSR count). The molecule has 2 heterocycles. The number of fused-ring (bicyclic) bond motifs is 5. The Labute approximate surface area is 140 Å². The van der Waals surface area contributed by atoms with Crippen LogP contribution in [0.5, 0.6) is 0 Å². The van der Waals surface area contributed by atoms with Crippen LogP contribution in [0.25, 0.3) is 22.4 Å². The van der Waals surface area contributed by atoms with Crippen molar-refractivity contribution < 1.29 is 0 Å². The normalized spacial score (nSPS) is 16.0. The minimum absolute atomic E-state index is 0.100. The van der Waals surface area contributed by atoms with Crippen LogP contribution >= 0.6 is 0 Å². The van der Waals surface area contributed by atoms with E-state index in [4.69, 9.17) is 4.98 Å². The zero-order valence-electron chi connectivity index (χ0n) is 13.4. The molecule has 0 aliphatic carbocycles. The average Bonchev–Trinajstić information content (AvgIpc) is 3.03. The van der Waals surface area contributed by atoms with Crippen molar-refractivity contribution in [2.45, 2.75) is 6.17 Å². The molecule has 4 aromatic rings. The van der Waals surface area contributed by atoms with Crippen molar-refractivity contribution in [1.29, 1.82) is 0 Å². The van der Waals surface area contributed by atoms with E-state index >= 15 is 0 Å². The third-order valence-corrected chi connectivity index (χ3v) is 4.83. The third kappa shape index (κ3) is 1.75. The lowest BCUT2D eigenvalue weighted by Crippen LogP contribution is -2.34. The van der Waals surface area contributed by atoms with Gasteiger partial charge in [0.15, 0.2) is 0 Å². The van der Waals surface area contributed by atoms with Crippen molar-refractivity contribution in [3.63, 3.8) is 0 Å². The first-order valence-electron chi connectivity index (χ1n) is 8.19. The number of para-hydroxylation sites is 3. The summed E-state index contributed by atoms with van der Waals surface area (Å²) in [6.07, 6.45) is 0.100. The van der Waals surface area contributed by atoms with Gasteiger partial charge in [-0.25, -0.2) is 4.98 Å². The SMILES string of the molecule is CN1c2ccccc2-c2nc3ccccc3n2[C@@H]1c1ccccc1. The van der Waals surface area contributed by atoms with Gasteiger partial charge in [-0.15, -0.1) is 0 Å². The Balaban J connectivity index is 1.89. The number of hydrogen-bond acceptors (Lipinski definition) is 2. The van der Waals surface area contributed by atoms with Gasteiger partial charge in [-0.3, -0.25) is 4.57 Å². The Morgan fingerprint density at radius 1 is 0.792 bits per heavy atom. The molecule has 0 spiro atoms. The van der Waals surface area contributed by atoms with E-state index in [0.29, 0.717) is 0 Å². The molecule has 1 aromatic heterocycles. The molecule has 0 saturated carbocycles. The summed E-state index contributed by atoms with van der Waals surface area (Å²) >= 11 is 0. The first-order valence-corrected chi connectivity index (χ1v) is 8.19. The molecule has 0 unspecified atom stereocenters. The number of rotatable bonds is 1. The summed E-state index contributed by atoms with van der Waals surface area (Å²) in [5.41, 5.74) is 5.87. The van der Waals surface area contributed by atoms with Gasteiger partial charge < -0.3 is 4.90 Å². The number of imidazole rings is 1. The first-order chi connectivity index (χ1) is 11.8. The molecule has 116 valence electrons. The molecule has 3 nitrogen and oxygen atoms in total. The lowest BCUT2D eigenvalue weighted by Gasteiger charge is -2.38. The summed E-state index contributed by atoms with van der Waals surface area (Å²) in [7, 11) is 2.16. The Morgan fingerprint density at radius 2 is 1.50 bits per heavy atom. The molecule has 24 heavy (non-hydrogen) atoms. The van der Waals surface area contributed by atoms with Crippen LogP contribution in [0.15, 0.2) is 78.9 Å². The number of nitrogens with zero attached hydrogens (tertiary/aromatic N) is 3. The van der Waals surface area contributed by atoms with Crippen molar-refractivity contribution in [3.8, 4) is 11.4 Å². The Kier molecular flexibility index (Phi) is 2.77. The minimum Gasteiger partial charge on any atom is -0.350 e. The summed E-state index contributed by atoms with van der Waals surface area (Å²) in [6, 6.07) is 27.5. The second kappa shape index (κ2) is 4.96. The standard InChI is InChI=1S/C21H17N3/c1-23-18-13-7-5-11-16(18)20-22-17-12-6-8-14-19(17)24(20)21(23)15-9-3-2-4-10-15/h2-14,21H,1H3/t21-/m1/s1. The highest BCUT2D eigenvalue weighted by Crippen LogP contribution is 2.43. The van der Waals surface area contributed by atoms with Gasteiger partial charge >= 0.3 is 0 Å². The monoisotopic (exact) mass is 311 g/mol. The van der Waals surface area contributed by atoms with Crippen molar-refractivity contribution >= 4 is 16.7 Å². The van der Waals surface area contributed by atoms with Crippen LogP contribution in [-0.4, -0.2) is 16.6 Å². The molecule has 1 atom stereocenters. The maximum absolute atomic E-state index is 4.94. The fourth-order valence-corrected chi connectivity index (χ4v) is 3.76. The molecule has 0 bridgehead atoms. The van der Waals surface area contributed by atoms with E-state index in [1.807, 2.05) is 0 Å². The smallest absolute Gasteiger partial charge is 0.145 e. The molecule has 1 aliphatic heterocycles. The highest BCUT2D eigenvalue weighted by Gasteiger charge is 2.31. The van der Waals surface area contributed by atoms with Crippen molar-refractivity contribution in [2.24, 2.45) is 0 Å². The van der Waals surface area contributed by atoms with Gasteiger partial charge in [0.05, 0.1) is 11.0 Å². The fraction of sp³-hybridized carbons (Fsp3) is 0.0952. The number of benzene rings is 3. The lowest BCUT2D eigenvalue weighted by atomic mass is 10.0. The molecule has 0 fully saturated rings. The predicted octanol–water partition coefficient (Wildman–Crippen LogP) is 4.70. The summed E-state index contributed by atoms with van der Waals surface area (Å²) in [5.74, 6) is 1.04. The molecule has 1 aliphatic rings. The van der Waals surface area contributed by atoms with Gasteiger partial charge in [-0.2, -0.15) is 0 Å². The second-order valence-corrected chi connectivity index (χ2v) is 6.21. The topological polar surface area (TPSA) is 21.1 Å². The molecule has 0 N–H and O–H groups in total. The van der Waals surface area contributed by atoms with Crippen LogP contribution < -0.4 is 4.90 Å².